The van der Waals surface area contributed by atoms with Crippen LogP contribution in [0.3, 0.4) is 0 Å². The van der Waals surface area contributed by atoms with Gasteiger partial charge in [-0.25, -0.2) is 13.1 Å². The summed E-state index contributed by atoms with van der Waals surface area (Å²) < 4.78 is 28.1. The topological polar surface area (TPSA) is 46.2 Å². The van der Waals surface area contributed by atoms with E-state index < -0.39 is 10.0 Å². The van der Waals surface area contributed by atoms with Crippen LogP contribution in [0.15, 0.2) is 14.1 Å². The van der Waals surface area contributed by atoms with E-state index in [9.17, 15) is 8.42 Å². The Hall–Kier alpha value is 0.670. The van der Waals surface area contributed by atoms with E-state index in [4.69, 9.17) is 23.2 Å². The number of thiophene rings is 1. The Morgan fingerprint density at radius 1 is 1.47 bits per heavy atom. The van der Waals surface area contributed by atoms with Gasteiger partial charge in [0.1, 0.15) is 4.21 Å². The van der Waals surface area contributed by atoms with Gasteiger partial charge in [-0.15, -0.1) is 22.9 Å². The van der Waals surface area contributed by atoms with Gasteiger partial charge in [0, 0.05) is 11.9 Å². The molecule has 0 amide bonds. The van der Waals surface area contributed by atoms with Crippen LogP contribution in [-0.2, 0) is 10.0 Å². The highest BCUT2D eigenvalue weighted by atomic mass is 79.9. The van der Waals surface area contributed by atoms with E-state index in [2.05, 4.69) is 20.7 Å². The Morgan fingerprint density at radius 3 is 2.42 bits per heavy atom. The van der Waals surface area contributed by atoms with Gasteiger partial charge in [0.05, 0.1) is 8.81 Å². The zero-order valence-electron chi connectivity index (χ0n) is 10.8. The van der Waals surface area contributed by atoms with Crippen molar-refractivity contribution < 1.29 is 8.42 Å². The van der Waals surface area contributed by atoms with Crippen molar-refractivity contribution in [3.8, 4) is 0 Å². The van der Waals surface area contributed by atoms with E-state index in [1.165, 1.54) is 6.07 Å². The molecule has 3 nitrogen and oxygen atoms in total. The molecule has 1 atom stereocenters. The molecule has 0 saturated heterocycles. The summed E-state index contributed by atoms with van der Waals surface area (Å²) >= 11 is 15.9. The minimum absolute atomic E-state index is 0.202. The maximum absolute atomic E-state index is 12.3. The molecule has 1 aromatic heterocycles. The number of nitrogens with one attached hydrogen (secondary N) is 1. The lowest BCUT2D eigenvalue weighted by Gasteiger charge is -2.30. The molecule has 110 valence electrons. The van der Waals surface area contributed by atoms with E-state index in [-0.39, 0.29) is 15.7 Å². The smallest absolute Gasteiger partial charge is 0.207 e. The summed E-state index contributed by atoms with van der Waals surface area (Å²) in [7, 11) is -3.57. The lowest BCUT2D eigenvalue weighted by Crippen LogP contribution is -2.43. The van der Waals surface area contributed by atoms with Crippen LogP contribution in [-0.4, -0.2) is 20.3 Å². The zero-order chi connectivity index (χ0) is 14.8. The van der Waals surface area contributed by atoms with Gasteiger partial charge in [-0.2, -0.15) is 0 Å². The lowest BCUT2D eigenvalue weighted by atomic mass is 9.86. The average molecular weight is 409 g/mol. The van der Waals surface area contributed by atoms with E-state index in [0.29, 0.717) is 21.1 Å². The van der Waals surface area contributed by atoms with Crippen LogP contribution in [0.25, 0.3) is 0 Å². The average Bonchev–Trinajstić information content (AvgIpc) is 2.58. The largest absolute Gasteiger partial charge is 0.250 e. The monoisotopic (exact) mass is 407 g/mol. The molecule has 0 saturated carbocycles. The molecule has 8 heteroatoms. The molecule has 0 aliphatic heterocycles. The molecule has 1 N–H and O–H groups in total. The Morgan fingerprint density at radius 2 is 2.05 bits per heavy atom. The number of alkyl halides is 1. The fourth-order valence-corrected chi connectivity index (χ4v) is 5.59. The maximum Gasteiger partial charge on any atom is 0.250 e. The SMILES string of the molecule is CC(C)(C)C(CCCl)NS(=O)(=O)c1cc(Cl)c(Br)s1. The van der Waals surface area contributed by atoms with Crippen molar-refractivity contribution in [2.45, 2.75) is 37.4 Å². The van der Waals surface area contributed by atoms with Gasteiger partial charge in [0.15, 0.2) is 0 Å². The van der Waals surface area contributed by atoms with E-state index in [0.717, 1.165) is 11.3 Å². The highest BCUT2D eigenvalue weighted by Gasteiger charge is 2.30. The van der Waals surface area contributed by atoms with Crippen LogP contribution in [0.5, 0.6) is 0 Å². The second-order valence-corrected chi connectivity index (χ2v) is 10.3. The third kappa shape index (κ3) is 4.86. The van der Waals surface area contributed by atoms with Gasteiger partial charge >= 0.3 is 0 Å². The van der Waals surface area contributed by atoms with Gasteiger partial charge in [0.2, 0.25) is 10.0 Å². The Bertz CT molecular complexity index is 518. The molecule has 0 radical (unpaired) electrons. The predicted octanol–water partition coefficient (Wildman–Crippen LogP) is 4.49. The van der Waals surface area contributed by atoms with Crippen molar-refractivity contribution in [1.82, 2.24) is 4.72 Å². The predicted molar refractivity (Wildman–Crippen MR) is 85.9 cm³/mol. The van der Waals surface area contributed by atoms with Crippen LogP contribution < -0.4 is 4.72 Å². The molecule has 1 aromatic rings. The second kappa shape index (κ2) is 6.62. The number of sulfonamides is 1. The lowest BCUT2D eigenvalue weighted by molar-refractivity contribution is 0.293. The molecule has 19 heavy (non-hydrogen) atoms. The van der Waals surface area contributed by atoms with Crippen LogP contribution in [0.1, 0.15) is 27.2 Å². The number of halogens is 3. The summed E-state index contributed by atoms with van der Waals surface area (Å²) in [6.45, 7) is 5.93. The second-order valence-electron chi connectivity index (χ2n) is 5.20. The summed E-state index contributed by atoms with van der Waals surface area (Å²) in [4.78, 5) is 0. The number of rotatable bonds is 5. The van der Waals surface area contributed by atoms with Crippen LogP contribution in [0, 0.1) is 5.41 Å². The van der Waals surface area contributed by atoms with Gasteiger partial charge in [-0.05, 0) is 33.8 Å². The van der Waals surface area contributed by atoms with Crippen molar-refractivity contribution >= 4 is 60.5 Å². The third-order valence-corrected chi connectivity index (χ3v) is 7.27. The summed E-state index contributed by atoms with van der Waals surface area (Å²) in [5.41, 5.74) is -0.208. The van der Waals surface area contributed by atoms with E-state index >= 15 is 0 Å². The first-order chi connectivity index (χ1) is 8.58. The molecule has 1 heterocycles. The van der Waals surface area contributed by atoms with Crippen molar-refractivity contribution in [3.63, 3.8) is 0 Å². The summed E-state index contributed by atoms with van der Waals surface area (Å²) in [5, 5.41) is 0.398. The molecule has 0 fully saturated rings. The van der Waals surface area contributed by atoms with Crippen molar-refractivity contribution in [3.05, 3.63) is 14.9 Å². The van der Waals surface area contributed by atoms with Gasteiger partial charge in [-0.1, -0.05) is 32.4 Å². The summed E-state index contributed by atoms with van der Waals surface area (Å²) in [6, 6.07) is 1.22. The Balaban J connectivity index is 3.00. The van der Waals surface area contributed by atoms with Gasteiger partial charge < -0.3 is 0 Å². The molecule has 0 aliphatic rings. The maximum atomic E-state index is 12.3. The molecular weight excluding hydrogens is 393 g/mol. The summed E-state index contributed by atoms with van der Waals surface area (Å²) in [5.74, 6) is 0.402. The molecule has 0 spiro atoms. The van der Waals surface area contributed by atoms with Crippen LogP contribution >= 0.6 is 50.5 Å². The summed E-state index contributed by atoms with van der Waals surface area (Å²) in [6.07, 6.45) is 0.574. The minimum Gasteiger partial charge on any atom is -0.207 e. The first-order valence-corrected chi connectivity index (χ1v) is 9.61. The first-order valence-electron chi connectivity index (χ1n) is 5.61. The number of hydrogen-bond donors (Lipinski definition) is 1. The zero-order valence-corrected chi connectivity index (χ0v) is 15.6. The molecule has 0 aliphatic carbocycles. The van der Waals surface area contributed by atoms with Crippen molar-refractivity contribution in [1.29, 1.82) is 0 Å². The van der Waals surface area contributed by atoms with Crippen LogP contribution in [0.2, 0.25) is 5.02 Å². The van der Waals surface area contributed by atoms with Gasteiger partial charge in [-0.3, -0.25) is 0 Å². The van der Waals surface area contributed by atoms with Crippen LogP contribution in [0.4, 0.5) is 0 Å². The van der Waals surface area contributed by atoms with Gasteiger partial charge in [0.25, 0.3) is 0 Å². The fourth-order valence-electron chi connectivity index (χ4n) is 1.48. The minimum atomic E-state index is -3.57. The first kappa shape index (κ1) is 17.7. The normalized spacial score (nSPS) is 14.6. The number of hydrogen-bond acceptors (Lipinski definition) is 3. The van der Waals surface area contributed by atoms with E-state index in [1.54, 1.807) is 0 Å². The molecule has 0 bridgehead atoms. The molecule has 0 aromatic carbocycles. The van der Waals surface area contributed by atoms with Crippen molar-refractivity contribution in [2.24, 2.45) is 5.41 Å². The Labute approximate surface area is 136 Å². The highest BCUT2D eigenvalue weighted by Crippen LogP contribution is 2.35. The molecular formula is C11H16BrCl2NO2S2. The Kier molecular flexibility index (Phi) is 6.18. The quantitative estimate of drug-likeness (QED) is 0.729. The molecule has 1 unspecified atom stereocenters. The standard InChI is InChI=1S/C11H16BrCl2NO2S2/c1-11(2,3)8(4-5-13)15-19(16,17)9-6-7(14)10(12)18-9/h6,8,15H,4-5H2,1-3H3. The highest BCUT2D eigenvalue weighted by molar-refractivity contribution is 9.11. The molecule has 1 rings (SSSR count). The van der Waals surface area contributed by atoms with E-state index in [1.807, 2.05) is 20.8 Å². The van der Waals surface area contributed by atoms with Crippen molar-refractivity contribution in [2.75, 3.05) is 5.88 Å². The third-order valence-electron chi connectivity index (χ3n) is 2.63. The fraction of sp³-hybridized carbons (Fsp3) is 0.636.